The van der Waals surface area contributed by atoms with Gasteiger partial charge in [-0.1, -0.05) is 0 Å². The number of carbonyl (C=O) groups excluding carboxylic acids is 2. The number of nitrogens with zero attached hydrogens (tertiary/aromatic N) is 5. The van der Waals surface area contributed by atoms with Gasteiger partial charge in [0.25, 0.3) is 5.91 Å². The molecule has 2 aliphatic heterocycles. The Hall–Kier alpha value is -2.70. The van der Waals surface area contributed by atoms with Gasteiger partial charge in [-0.15, -0.1) is 10.2 Å². The van der Waals surface area contributed by atoms with Crippen LogP contribution in [0, 0.1) is 11.3 Å². The highest BCUT2D eigenvalue weighted by Gasteiger charge is 2.59. The van der Waals surface area contributed by atoms with E-state index in [4.69, 9.17) is 0 Å². The Morgan fingerprint density at radius 1 is 0.862 bits per heavy atom. The lowest BCUT2D eigenvalue weighted by atomic mass is 9.90. The maximum Gasteiger partial charge on any atom is 0.253 e. The van der Waals surface area contributed by atoms with E-state index in [-0.39, 0.29) is 17.2 Å². The van der Waals surface area contributed by atoms with E-state index in [1.807, 2.05) is 33.7 Å². The second-order valence-corrected chi connectivity index (χ2v) is 8.71. The van der Waals surface area contributed by atoms with Crippen molar-refractivity contribution < 1.29 is 9.59 Å². The van der Waals surface area contributed by atoms with Gasteiger partial charge in [0, 0.05) is 43.3 Å². The summed E-state index contributed by atoms with van der Waals surface area (Å²) in [6, 6.07) is 7.55. The van der Waals surface area contributed by atoms with Crippen molar-refractivity contribution in [2.24, 2.45) is 11.3 Å². The van der Waals surface area contributed by atoms with E-state index in [2.05, 4.69) is 15.1 Å². The van der Waals surface area contributed by atoms with Crippen molar-refractivity contribution in [3.8, 4) is 5.69 Å². The summed E-state index contributed by atoms with van der Waals surface area (Å²) in [7, 11) is 0. The van der Waals surface area contributed by atoms with Crippen molar-refractivity contribution in [3.05, 3.63) is 42.5 Å². The van der Waals surface area contributed by atoms with Crippen molar-refractivity contribution in [1.29, 1.82) is 0 Å². The first-order valence-electron chi connectivity index (χ1n) is 10.7. The molecule has 1 aliphatic carbocycles. The Morgan fingerprint density at radius 2 is 1.52 bits per heavy atom. The van der Waals surface area contributed by atoms with Gasteiger partial charge in [-0.05, 0) is 68.2 Å². The van der Waals surface area contributed by atoms with Crippen LogP contribution in [0.3, 0.4) is 0 Å². The molecule has 1 aromatic heterocycles. The summed E-state index contributed by atoms with van der Waals surface area (Å²) in [6.07, 6.45) is 9.71. The summed E-state index contributed by atoms with van der Waals surface area (Å²) in [5.74, 6) is 0.643. The number of carbonyl (C=O) groups is 2. The van der Waals surface area contributed by atoms with Crippen LogP contribution >= 0.6 is 0 Å². The number of rotatable bonds is 3. The van der Waals surface area contributed by atoms with E-state index in [0.717, 1.165) is 64.0 Å². The van der Waals surface area contributed by atoms with Gasteiger partial charge >= 0.3 is 0 Å². The van der Waals surface area contributed by atoms with Crippen LogP contribution in [-0.4, -0.2) is 62.6 Å². The molecule has 1 spiro atoms. The van der Waals surface area contributed by atoms with E-state index in [1.54, 1.807) is 12.7 Å². The predicted octanol–water partition coefficient (Wildman–Crippen LogP) is 2.52. The first kappa shape index (κ1) is 18.3. The number of hydrogen-bond donors (Lipinski definition) is 0. The molecule has 2 aromatic rings. The van der Waals surface area contributed by atoms with Crippen molar-refractivity contribution in [1.82, 2.24) is 24.6 Å². The van der Waals surface area contributed by atoms with E-state index in [0.29, 0.717) is 11.5 Å². The number of aromatic nitrogens is 3. The second kappa shape index (κ2) is 7.28. The molecule has 0 N–H and O–H groups in total. The summed E-state index contributed by atoms with van der Waals surface area (Å²) >= 11 is 0. The van der Waals surface area contributed by atoms with Gasteiger partial charge in [-0.2, -0.15) is 0 Å². The monoisotopic (exact) mass is 393 g/mol. The zero-order valence-electron chi connectivity index (χ0n) is 16.7. The molecule has 5 rings (SSSR count). The van der Waals surface area contributed by atoms with Gasteiger partial charge in [-0.25, -0.2) is 0 Å². The molecule has 1 atom stereocenters. The lowest BCUT2D eigenvalue weighted by Gasteiger charge is -2.34. The number of piperidine rings is 2. The lowest BCUT2D eigenvalue weighted by molar-refractivity contribution is -0.134. The quantitative estimate of drug-likeness (QED) is 0.803. The Morgan fingerprint density at radius 3 is 2.17 bits per heavy atom. The molecule has 1 saturated carbocycles. The smallest absolute Gasteiger partial charge is 0.253 e. The maximum atomic E-state index is 12.9. The van der Waals surface area contributed by atoms with Crippen molar-refractivity contribution in [3.63, 3.8) is 0 Å². The number of hydrogen-bond acceptors (Lipinski definition) is 4. The topological polar surface area (TPSA) is 71.3 Å². The minimum Gasteiger partial charge on any atom is -0.342 e. The molecule has 0 radical (unpaired) electrons. The van der Waals surface area contributed by atoms with Crippen LogP contribution in [0.15, 0.2) is 36.9 Å². The van der Waals surface area contributed by atoms with Gasteiger partial charge in [0.1, 0.15) is 12.7 Å². The maximum absolute atomic E-state index is 12.9. The summed E-state index contributed by atoms with van der Waals surface area (Å²) in [5.41, 5.74) is 1.79. The largest absolute Gasteiger partial charge is 0.342 e. The highest BCUT2D eigenvalue weighted by atomic mass is 16.2. The summed E-state index contributed by atoms with van der Waals surface area (Å²) in [6.45, 7) is 3.36. The number of benzene rings is 1. The molecule has 152 valence electrons. The zero-order valence-corrected chi connectivity index (χ0v) is 16.7. The van der Waals surface area contributed by atoms with Crippen LogP contribution in [0.2, 0.25) is 0 Å². The second-order valence-electron chi connectivity index (χ2n) is 8.71. The van der Waals surface area contributed by atoms with Crippen molar-refractivity contribution in [2.45, 2.75) is 38.5 Å². The van der Waals surface area contributed by atoms with Crippen LogP contribution in [0.4, 0.5) is 0 Å². The molecule has 1 unspecified atom stereocenters. The molecular weight excluding hydrogens is 366 g/mol. The SMILES string of the molecule is O=C(c1ccc(-n2cnnc2)cc1)N1CCC2(CC1)CC2C(=O)N1CCCCC1. The summed E-state index contributed by atoms with van der Waals surface area (Å²) in [5, 5.41) is 7.62. The zero-order chi connectivity index (χ0) is 19.8. The molecule has 3 fully saturated rings. The number of likely N-dealkylation sites (tertiary alicyclic amines) is 2. The van der Waals surface area contributed by atoms with Gasteiger partial charge in [0.05, 0.1) is 0 Å². The third-order valence-corrected chi connectivity index (χ3v) is 7.03. The molecule has 7 nitrogen and oxygen atoms in total. The molecule has 0 bridgehead atoms. The third-order valence-electron chi connectivity index (χ3n) is 7.03. The lowest BCUT2D eigenvalue weighted by Crippen LogP contribution is -2.42. The fraction of sp³-hybridized carbons (Fsp3) is 0.545. The van der Waals surface area contributed by atoms with E-state index in [9.17, 15) is 9.59 Å². The number of amides is 2. The van der Waals surface area contributed by atoms with Crippen LogP contribution in [-0.2, 0) is 4.79 Å². The van der Waals surface area contributed by atoms with E-state index >= 15 is 0 Å². The minimum absolute atomic E-state index is 0.0784. The molecule has 7 heteroatoms. The highest BCUT2D eigenvalue weighted by Crippen LogP contribution is 2.60. The fourth-order valence-corrected chi connectivity index (χ4v) is 5.03. The fourth-order valence-electron chi connectivity index (χ4n) is 5.03. The minimum atomic E-state index is 0.0784. The third kappa shape index (κ3) is 3.43. The molecule has 1 aromatic carbocycles. The highest BCUT2D eigenvalue weighted by molar-refractivity contribution is 5.94. The summed E-state index contributed by atoms with van der Waals surface area (Å²) in [4.78, 5) is 29.8. The van der Waals surface area contributed by atoms with E-state index < -0.39 is 0 Å². The Labute approximate surface area is 170 Å². The summed E-state index contributed by atoms with van der Waals surface area (Å²) < 4.78 is 1.81. The van der Waals surface area contributed by atoms with Gasteiger partial charge < -0.3 is 9.80 Å². The van der Waals surface area contributed by atoms with Gasteiger partial charge in [0.2, 0.25) is 5.91 Å². The molecule has 29 heavy (non-hydrogen) atoms. The standard InChI is InChI=1S/C22H27N5O2/c28-20(17-4-6-18(7-5-17)27-15-23-24-16-27)26-12-8-22(9-13-26)14-19(22)21(29)25-10-2-1-3-11-25/h4-7,15-16,19H,1-3,8-14H2. The van der Waals surface area contributed by atoms with Crippen LogP contribution in [0.1, 0.15) is 48.9 Å². The Bertz CT molecular complexity index is 878. The molecule has 2 amide bonds. The molecule has 3 aliphatic rings. The van der Waals surface area contributed by atoms with Gasteiger partial charge in [-0.3, -0.25) is 14.2 Å². The predicted molar refractivity (Wildman–Crippen MR) is 107 cm³/mol. The van der Waals surface area contributed by atoms with E-state index in [1.165, 1.54) is 6.42 Å². The Balaban J connectivity index is 1.18. The molecular formula is C22H27N5O2. The Kier molecular flexibility index (Phi) is 4.60. The first-order valence-corrected chi connectivity index (χ1v) is 10.7. The molecule has 2 saturated heterocycles. The first-order chi connectivity index (χ1) is 14.2. The molecule has 3 heterocycles. The van der Waals surface area contributed by atoms with Crippen LogP contribution < -0.4 is 0 Å². The average molecular weight is 393 g/mol. The normalized spacial score (nSPS) is 23.2. The average Bonchev–Trinajstić information content (AvgIpc) is 3.20. The van der Waals surface area contributed by atoms with Crippen LogP contribution in [0.5, 0.6) is 0 Å². The van der Waals surface area contributed by atoms with Gasteiger partial charge in [0.15, 0.2) is 0 Å². The van der Waals surface area contributed by atoms with Crippen molar-refractivity contribution >= 4 is 11.8 Å². The van der Waals surface area contributed by atoms with Crippen LogP contribution in [0.25, 0.3) is 5.69 Å². The van der Waals surface area contributed by atoms with Crippen molar-refractivity contribution in [2.75, 3.05) is 26.2 Å².